The van der Waals surface area contributed by atoms with Crippen molar-refractivity contribution in [2.75, 3.05) is 5.32 Å². The lowest BCUT2D eigenvalue weighted by Gasteiger charge is -2.46. The van der Waals surface area contributed by atoms with Crippen molar-refractivity contribution in [1.82, 2.24) is 0 Å². The molecule has 1 fully saturated rings. The monoisotopic (exact) mass is 297 g/mol. The van der Waals surface area contributed by atoms with Crippen LogP contribution in [0.4, 0.5) is 14.5 Å². The van der Waals surface area contributed by atoms with Crippen LogP contribution in [0.3, 0.4) is 0 Å². The van der Waals surface area contributed by atoms with Crippen molar-refractivity contribution in [2.24, 2.45) is 17.3 Å². The van der Waals surface area contributed by atoms with E-state index in [-0.39, 0.29) is 11.2 Å². The van der Waals surface area contributed by atoms with E-state index >= 15 is 0 Å². The number of hydrogen-bond acceptors (Lipinski definition) is 2. The number of benzene rings is 1. The Morgan fingerprint density at radius 3 is 2.33 bits per heavy atom. The maximum atomic E-state index is 12.1. The second kappa shape index (κ2) is 6.20. The fourth-order valence-electron chi connectivity index (χ4n) is 3.90. The van der Waals surface area contributed by atoms with Crippen LogP contribution >= 0.6 is 0 Å². The molecule has 0 spiro atoms. The molecule has 0 saturated heterocycles. The zero-order valence-electron chi connectivity index (χ0n) is 13.2. The van der Waals surface area contributed by atoms with E-state index in [1.807, 2.05) is 0 Å². The Morgan fingerprint density at radius 2 is 1.81 bits per heavy atom. The van der Waals surface area contributed by atoms with Crippen molar-refractivity contribution >= 4 is 5.69 Å². The highest BCUT2D eigenvalue weighted by Crippen LogP contribution is 2.43. The van der Waals surface area contributed by atoms with Crippen LogP contribution in [0.25, 0.3) is 0 Å². The van der Waals surface area contributed by atoms with Gasteiger partial charge < -0.3 is 10.1 Å². The van der Waals surface area contributed by atoms with E-state index in [0.717, 1.165) is 11.6 Å². The summed E-state index contributed by atoms with van der Waals surface area (Å²) in [6, 6.07) is 7.15. The number of hydrogen-bond donors (Lipinski definition) is 1. The van der Waals surface area contributed by atoms with Crippen molar-refractivity contribution < 1.29 is 13.5 Å². The standard InChI is InChI=1S/C17H25F2NO/c1-11-9-12(2)15(17(3,4)10-11)20-13-5-7-14(8-6-13)21-16(18)19/h5-8,11-12,15-16,20H,9-10H2,1-4H3/t11-,12-,15?/m1/s1. The predicted octanol–water partition coefficient (Wildman–Crippen LogP) is 5.16. The summed E-state index contributed by atoms with van der Waals surface area (Å²) in [7, 11) is 0. The van der Waals surface area contributed by atoms with Gasteiger partial charge in [0.1, 0.15) is 5.75 Å². The van der Waals surface area contributed by atoms with Gasteiger partial charge in [0.05, 0.1) is 0 Å². The molecule has 0 aromatic heterocycles. The largest absolute Gasteiger partial charge is 0.435 e. The number of ether oxygens (including phenoxy) is 1. The first-order chi connectivity index (χ1) is 9.78. The van der Waals surface area contributed by atoms with Crippen LogP contribution in [-0.4, -0.2) is 12.7 Å². The van der Waals surface area contributed by atoms with E-state index in [0.29, 0.717) is 12.0 Å². The molecule has 2 rings (SSSR count). The average molecular weight is 297 g/mol. The number of halogens is 2. The van der Waals surface area contributed by atoms with Crippen molar-refractivity contribution in [3.8, 4) is 5.75 Å². The number of nitrogens with one attached hydrogen (secondary N) is 1. The zero-order valence-corrected chi connectivity index (χ0v) is 13.2. The SMILES string of the molecule is C[C@@H]1C[C@@H](C)C(Nc2ccc(OC(F)F)cc2)C(C)(C)C1. The normalized spacial score (nSPS) is 28.4. The summed E-state index contributed by atoms with van der Waals surface area (Å²) < 4.78 is 28.7. The quantitative estimate of drug-likeness (QED) is 0.828. The van der Waals surface area contributed by atoms with Gasteiger partial charge in [-0.25, -0.2) is 0 Å². The molecule has 0 radical (unpaired) electrons. The third-order valence-corrected chi connectivity index (χ3v) is 4.46. The molecule has 0 aliphatic heterocycles. The fraction of sp³-hybridized carbons (Fsp3) is 0.647. The van der Waals surface area contributed by atoms with Crippen LogP contribution in [0.15, 0.2) is 24.3 Å². The molecule has 1 unspecified atom stereocenters. The highest BCUT2D eigenvalue weighted by molar-refractivity contribution is 5.47. The molecular weight excluding hydrogens is 272 g/mol. The summed E-state index contributed by atoms with van der Waals surface area (Å²) in [4.78, 5) is 0. The summed E-state index contributed by atoms with van der Waals surface area (Å²) in [6.07, 6.45) is 2.41. The molecule has 4 heteroatoms. The maximum absolute atomic E-state index is 12.1. The smallest absolute Gasteiger partial charge is 0.387 e. The summed E-state index contributed by atoms with van der Waals surface area (Å²) >= 11 is 0. The van der Waals surface area contributed by atoms with Crippen LogP contribution in [0.5, 0.6) is 5.75 Å². The molecule has 1 aliphatic rings. The Hall–Kier alpha value is -1.32. The fourth-order valence-corrected chi connectivity index (χ4v) is 3.90. The second-order valence-corrected chi connectivity index (χ2v) is 7.04. The summed E-state index contributed by atoms with van der Waals surface area (Å²) in [5.41, 5.74) is 1.17. The zero-order chi connectivity index (χ0) is 15.6. The van der Waals surface area contributed by atoms with Crippen molar-refractivity contribution in [1.29, 1.82) is 0 Å². The molecule has 0 bridgehead atoms. The van der Waals surface area contributed by atoms with E-state index in [4.69, 9.17) is 0 Å². The Kier molecular flexibility index (Phi) is 4.74. The van der Waals surface area contributed by atoms with E-state index in [9.17, 15) is 8.78 Å². The average Bonchev–Trinajstić information content (AvgIpc) is 2.34. The van der Waals surface area contributed by atoms with Gasteiger partial charge in [0, 0.05) is 11.7 Å². The van der Waals surface area contributed by atoms with Crippen molar-refractivity contribution in [3.63, 3.8) is 0 Å². The number of anilines is 1. The molecule has 1 N–H and O–H groups in total. The minimum absolute atomic E-state index is 0.195. The molecule has 118 valence electrons. The van der Waals surface area contributed by atoms with Gasteiger partial charge in [0.25, 0.3) is 0 Å². The summed E-state index contributed by atoms with van der Waals surface area (Å²) in [6.45, 7) is 6.41. The Morgan fingerprint density at radius 1 is 1.19 bits per heavy atom. The second-order valence-electron chi connectivity index (χ2n) is 7.04. The van der Waals surface area contributed by atoms with Gasteiger partial charge in [-0.15, -0.1) is 0 Å². The molecule has 3 atom stereocenters. The van der Waals surface area contributed by atoms with Crippen molar-refractivity contribution in [3.05, 3.63) is 24.3 Å². The Labute approximate surface area is 125 Å². The topological polar surface area (TPSA) is 21.3 Å². The first-order valence-electron chi connectivity index (χ1n) is 7.59. The summed E-state index contributed by atoms with van der Waals surface area (Å²) in [5, 5.41) is 3.58. The van der Waals surface area contributed by atoms with Crippen LogP contribution in [-0.2, 0) is 0 Å². The van der Waals surface area contributed by atoms with Crippen LogP contribution in [0.2, 0.25) is 0 Å². The van der Waals surface area contributed by atoms with Gasteiger partial charge in [-0.3, -0.25) is 0 Å². The van der Waals surface area contributed by atoms with E-state index < -0.39 is 6.61 Å². The van der Waals surface area contributed by atoms with Crippen molar-refractivity contribution in [2.45, 2.75) is 53.2 Å². The third kappa shape index (κ3) is 4.08. The predicted molar refractivity (Wildman–Crippen MR) is 81.8 cm³/mol. The van der Waals surface area contributed by atoms with Crippen LogP contribution in [0, 0.1) is 17.3 Å². The Bertz CT molecular complexity index is 458. The van der Waals surface area contributed by atoms with Gasteiger partial charge in [-0.05, 0) is 54.4 Å². The van der Waals surface area contributed by atoms with Crippen LogP contribution < -0.4 is 10.1 Å². The van der Waals surface area contributed by atoms with Gasteiger partial charge in [0.2, 0.25) is 0 Å². The van der Waals surface area contributed by atoms with E-state index in [2.05, 4.69) is 37.7 Å². The molecule has 21 heavy (non-hydrogen) atoms. The molecule has 1 aromatic rings. The first-order valence-corrected chi connectivity index (χ1v) is 7.59. The van der Waals surface area contributed by atoms with E-state index in [1.54, 1.807) is 24.3 Å². The molecule has 0 amide bonds. The highest BCUT2D eigenvalue weighted by Gasteiger charge is 2.39. The third-order valence-electron chi connectivity index (χ3n) is 4.46. The van der Waals surface area contributed by atoms with Gasteiger partial charge in [0.15, 0.2) is 0 Å². The molecular formula is C17H25F2NO. The number of rotatable bonds is 4. The highest BCUT2D eigenvalue weighted by atomic mass is 19.3. The lowest BCUT2D eigenvalue weighted by Crippen LogP contribution is -2.46. The molecule has 1 saturated carbocycles. The van der Waals surface area contributed by atoms with Crippen LogP contribution in [0.1, 0.15) is 40.5 Å². The molecule has 0 heterocycles. The molecule has 1 aliphatic carbocycles. The minimum atomic E-state index is -2.78. The first kappa shape index (κ1) is 16.1. The molecule has 1 aromatic carbocycles. The Balaban J connectivity index is 2.06. The number of alkyl halides is 2. The van der Waals surface area contributed by atoms with E-state index in [1.165, 1.54) is 12.8 Å². The molecule has 2 nitrogen and oxygen atoms in total. The maximum Gasteiger partial charge on any atom is 0.387 e. The van der Waals surface area contributed by atoms with Gasteiger partial charge in [-0.2, -0.15) is 8.78 Å². The summed E-state index contributed by atoms with van der Waals surface area (Å²) in [5.74, 6) is 1.52. The lowest BCUT2D eigenvalue weighted by molar-refractivity contribution is -0.0498. The van der Waals surface area contributed by atoms with Gasteiger partial charge in [-0.1, -0.05) is 27.7 Å². The minimum Gasteiger partial charge on any atom is -0.435 e. The van der Waals surface area contributed by atoms with Gasteiger partial charge >= 0.3 is 6.61 Å². The lowest BCUT2D eigenvalue weighted by atomic mass is 9.65.